The second kappa shape index (κ2) is 8.38. The van der Waals surface area contributed by atoms with Gasteiger partial charge >= 0.3 is 0 Å². The molecule has 0 unspecified atom stereocenters. The summed E-state index contributed by atoms with van der Waals surface area (Å²) in [4.78, 5) is 11.1. The highest BCUT2D eigenvalue weighted by atomic mass is 35.5. The highest BCUT2D eigenvalue weighted by molar-refractivity contribution is 7.98. The molecule has 2 aromatic carbocycles. The molecule has 0 amide bonds. The molecule has 6 nitrogen and oxygen atoms in total. The van der Waals surface area contributed by atoms with Gasteiger partial charge in [0.05, 0.1) is 24.3 Å². The van der Waals surface area contributed by atoms with Crippen LogP contribution in [0.2, 0.25) is 5.02 Å². The zero-order chi connectivity index (χ0) is 19.5. The van der Waals surface area contributed by atoms with Crippen LogP contribution in [-0.2, 0) is 0 Å². The van der Waals surface area contributed by atoms with Crippen LogP contribution in [0.25, 0.3) is 0 Å². The first-order valence-corrected chi connectivity index (χ1v) is 9.97. The predicted molar refractivity (Wildman–Crippen MR) is 114 cm³/mol. The number of hydrogen-bond donors (Lipinski definition) is 1. The van der Waals surface area contributed by atoms with Crippen molar-refractivity contribution in [1.82, 2.24) is 9.21 Å². The average molecular weight is 420 g/mol. The summed E-state index contributed by atoms with van der Waals surface area (Å²) in [6.07, 6.45) is 1.82. The molecule has 0 spiro atoms. The minimum atomic E-state index is -0.410. The minimum Gasteiger partial charge on any atom is -0.456 e. The first kappa shape index (κ1) is 19.0. The van der Waals surface area contributed by atoms with Gasteiger partial charge in [-0.1, -0.05) is 17.7 Å². The van der Waals surface area contributed by atoms with Crippen molar-refractivity contribution in [2.24, 2.45) is 9.98 Å². The van der Waals surface area contributed by atoms with Gasteiger partial charge in [-0.2, -0.15) is 0 Å². The van der Waals surface area contributed by atoms with Crippen LogP contribution in [0.4, 0.5) is 15.8 Å². The molecule has 2 heterocycles. The van der Waals surface area contributed by atoms with Crippen LogP contribution >= 0.6 is 23.7 Å². The Hall–Kier alpha value is -2.29. The van der Waals surface area contributed by atoms with Gasteiger partial charge in [0.25, 0.3) is 0 Å². The predicted octanol–water partition coefficient (Wildman–Crippen LogP) is 4.74. The quantitative estimate of drug-likeness (QED) is 0.656. The van der Waals surface area contributed by atoms with E-state index in [1.807, 2.05) is 41.6 Å². The van der Waals surface area contributed by atoms with Crippen LogP contribution in [-0.4, -0.2) is 54.7 Å². The van der Waals surface area contributed by atoms with Crippen LogP contribution in [0.15, 0.2) is 46.4 Å². The Labute approximate surface area is 172 Å². The van der Waals surface area contributed by atoms with E-state index in [0.717, 1.165) is 30.2 Å². The maximum Gasteiger partial charge on any atom is 0.148 e. The molecule has 28 heavy (non-hydrogen) atoms. The number of nitrogens with zero attached hydrogens (tertiary/aromatic N) is 4. The van der Waals surface area contributed by atoms with E-state index in [0.29, 0.717) is 28.8 Å². The molecule has 0 saturated heterocycles. The molecule has 0 bridgehead atoms. The number of halogens is 2. The normalized spacial score (nSPS) is 14.7. The zero-order valence-corrected chi connectivity index (χ0v) is 16.8. The van der Waals surface area contributed by atoms with Crippen molar-refractivity contribution >= 4 is 47.3 Å². The number of anilines is 1. The summed E-state index contributed by atoms with van der Waals surface area (Å²) in [6.45, 7) is 1.52. The molecule has 0 aliphatic carbocycles. The van der Waals surface area contributed by atoms with Crippen molar-refractivity contribution in [3.8, 4) is 11.5 Å². The molecular formula is C19H19ClFN5OS. The molecule has 2 aliphatic rings. The fourth-order valence-corrected chi connectivity index (χ4v) is 3.75. The maximum absolute atomic E-state index is 12.4. The van der Waals surface area contributed by atoms with Gasteiger partial charge in [-0.3, -0.25) is 4.99 Å². The van der Waals surface area contributed by atoms with E-state index in [4.69, 9.17) is 16.3 Å². The second-order valence-electron chi connectivity index (χ2n) is 6.28. The number of ether oxygens (including phenoxy) is 1. The molecule has 0 saturated carbocycles. The third-order valence-electron chi connectivity index (χ3n) is 4.32. The molecule has 146 valence electrons. The van der Waals surface area contributed by atoms with Gasteiger partial charge in [-0.15, -0.1) is 0 Å². The lowest BCUT2D eigenvalue weighted by atomic mass is 10.1. The number of aliphatic imine (C=N–C) groups is 2. The van der Waals surface area contributed by atoms with Gasteiger partial charge < -0.3 is 14.4 Å². The Kier molecular flexibility index (Phi) is 5.70. The van der Waals surface area contributed by atoms with E-state index in [1.165, 1.54) is 12.1 Å². The lowest BCUT2D eigenvalue weighted by Gasteiger charge is -2.21. The largest absolute Gasteiger partial charge is 0.456 e. The van der Waals surface area contributed by atoms with Crippen LogP contribution in [0.5, 0.6) is 11.5 Å². The number of nitrogens with one attached hydrogen (secondary N) is 1. The van der Waals surface area contributed by atoms with Crippen molar-refractivity contribution in [2.75, 3.05) is 38.1 Å². The van der Waals surface area contributed by atoms with Gasteiger partial charge in [-0.25, -0.2) is 13.7 Å². The maximum atomic E-state index is 12.4. The summed E-state index contributed by atoms with van der Waals surface area (Å²) in [5, 5.41) is 0.458. The molecule has 0 radical (unpaired) electrons. The van der Waals surface area contributed by atoms with Crippen molar-refractivity contribution in [3.63, 3.8) is 0 Å². The SMILES string of the molecule is CN(CCF)SNc1cccc(Oc2ccc3c(c2)C2=NCCN2C=N3)c1Cl. The molecule has 0 aromatic heterocycles. The number of fused-ring (bicyclic) bond motifs is 3. The number of amidine groups is 1. The molecule has 9 heteroatoms. The van der Waals surface area contributed by atoms with Crippen molar-refractivity contribution in [2.45, 2.75) is 0 Å². The third kappa shape index (κ3) is 3.94. The zero-order valence-electron chi connectivity index (χ0n) is 15.2. The number of benzene rings is 2. The monoisotopic (exact) mass is 419 g/mol. The topological polar surface area (TPSA) is 52.5 Å². The summed E-state index contributed by atoms with van der Waals surface area (Å²) in [5.74, 6) is 2.11. The molecule has 2 aromatic rings. The van der Waals surface area contributed by atoms with E-state index >= 15 is 0 Å². The fraction of sp³-hybridized carbons (Fsp3) is 0.263. The molecule has 0 atom stereocenters. The first-order chi connectivity index (χ1) is 13.7. The highest BCUT2D eigenvalue weighted by Gasteiger charge is 2.24. The van der Waals surface area contributed by atoms with Crippen molar-refractivity contribution < 1.29 is 9.13 Å². The average Bonchev–Trinajstić information content (AvgIpc) is 3.18. The summed E-state index contributed by atoms with van der Waals surface area (Å²) in [5.41, 5.74) is 2.52. The van der Waals surface area contributed by atoms with Crippen LogP contribution in [0.3, 0.4) is 0 Å². The number of alkyl halides is 1. The Bertz CT molecular complexity index is 939. The molecule has 0 fully saturated rings. The Balaban J connectivity index is 1.53. The lowest BCUT2D eigenvalue weighted by Crippen LogP contribution is -2.29. The van der Waals surface area contributed by atoms with Crippen LogP contribution < -0.4 is 9.46 Å². The second-order valence-corrected chi connectivity index (χ2v) is 7.66. The molecular weight excluding hydrogens is 401 g/mol. The van der Waals surface area contributed by atoms with Crippen LogP contribution in [0, 0.1) is 0 Å². The van der Waals surface area contributed by atoms with Gasteiger partial charge in [-0.05, 0) is 37.4 Å². The van der Waals surface area contributed by atoms with Gasteiger partial charge in [0.1, 0.15) is 29.0 Å². The van der Waals surface area contributed by atoms with Gasteiger partial charge in [0.2, 0.25) is 0 Å². The first-order valence-electron chi connectivity index (χ1n) is 8.82. The van der Waals surface area contributed by atoms with E-state index in [1.54, 1.807) is 17.4 Å². The van der Waals surface area contributed by atoms with Crippen molar-refractivity contribution in [3.05, 3.63) is 47.0 Å². The van der Waals surface area contributed by atoms with Gasteiger partial charge in [0.15, 0.2) is 0 Å². The summed E-state index contributed by atoms with van der Waals surface area (Å²) in [6, 6.07) is 11.2. The standard InChI is InChI=1S/C19H19ClFN5OS/c1-25(9-7-21)28-24-16-3-2-4-17(18(16)20)27-13-5-6-15-14(11-13)19-22-8-10-26(19)12-23-15/h2-6,11-12,24H,7-10H2,1H3. The molecule has 4 rings (SSSR count). The number of rotatable bonds is 7. The number of hydrogen-bond acceptors (Lipinski definition) is 7. The Morgan fingerprint density at radius 2 is 2.25 bits per heavy atom. The third-order valence-corrected chi connectivity index (χ3v) is 5.52. The molecule has 2 aliphatic heterocycles. The van der Waals surface area contributed by atoms with Crippen LogP contribution in [0.1, 0.15) is 5.56 Å². The van der Waals surface area contributed by atoms with E-state index in [9.17, 15) is 4.39 Å². The van der Waals surface area contributed by atoms with E-state index in [2.05, 4.69) is 14.7 Å². The van der Waals surface area contributed by atoms with Gasteiger partial charge in [0, 0.05) is 30.8 Å². The Morgan fingerprint density at radius 1 is 1.36 bits per heavy atom. The molecule has 1 N–H and O–H groups in total. The smallest absolute Gasteiger partial charge is 0.148 e. The summed E-state index contributed by atoms with van der Waals surface area (Å²) >= 11 is 7.78. The Morgan fingerprint density at radius 3 is 3.11 bits per heavy atom. The highest BCUT2D eigenvalue weighted by Crippen LogP contribution is 2.38. The van der Waals surface area contributed by atoms with Crippen molar-refractivity contribution in [1.29, 1.82) is 0 Å². The fourth-order valence-electron chi connectivity index (χ4n) is 2.90. The summed E-state index contributed by atoms with van der Waals surface area (Å²) < 4.78 is 23.3. The van der Waals surface area contributed by atoms with E-state index in [-0.39, 0.29) is 0 Å². The minimum absolute atomic E-state index is 0.323. The summed E-state index contributed by atoms with van der Waals surface area (Å²) in [7, 11) is 1.80. The van der Waals surface area contributed by atoms with E-state index < -0.39 is 6.67 Å². The lowest BCUT2D eigenvalue weighted by molar-refractivity contribution is 0.422.